The Kier molecular flexibility index (Phi) is 11.0. The number of nitrogens with zero attached hydrogens (tertiary/aromatic N) is 3. The van der Waals surface area contributed by atoms with Gasteiger partial charge in [-0.2, -0.15) is 5.21 Å². The van der Waals surface area contributed by atoms with E-state index in [9.17, 15) is 9.59 Å². The number of para-hydroxylation sites is 1. The van der Waals surface area contributed by atoms with Gasteiger partial charge < -0.3 is 20.5 Å². The summed E-state index contributed by atoms with van der Waals surface area (Å²) in [5.74, 6) is -0.363. The molecule has 10 heteroatoms. The molecule has 4 N–H and O–H groups in total. The van der Waals surface area contributed by atoms with Gasteiger partial charge in [-0.3, -0.25) is 4.79 Å². The van der Waals surface area contributed by atoms with Crippen molar-refractivity contribution in [3.8, 4) is 22.5 Å². The molecular formula is C33H38N6O4. The van der Waals surface area contributed by atoms with Crippen LogP contribution in [0.3, 0.4) is 0 Å². The molecule has 1 aliphatic rings. The van der Waals surface area contributed by atoms with E-state index in [0.29, 0.717) is 29.3 Å². The second kappa shape index (κ2) is 15.3. The summed E-state index contributed by atoms with van der Waals surface area (Å²) in [6, 6.07) is 21.0. The summed E-state index contributed by atoms with van der Waals surface area (Å²) in [7, 11) is 0. The lowest BCUT2D eigenvalue weighted by Gasteiger charge is -2.22. The van der Waals surface area contributed by atoms with Gasteiger partial charge in [0.1, 0.15) is 12.2 Å². The molecule has 1 heterocycles. The maximum Gasteiger partial charge on any atom is 0.340 e. The van der Waals surface area contributed by atoms with Crippen molar-refractivity contribution >= 4 is 23.3 Å². The molecule has 5 rings (SSSR count). The van der Waals surface area contributed by atoms with Crippen LogP contribution in [0.15, 0.2) is 79.9 Å². The number of nitrogens with two attached hydrogens (primary N) is 1. The number of carbonyl (C=O) groups is 2. The van der Waals surface area contributed by atoms with Crippen LogP contribution in [-0.2, 0) is 20.8 Å². The third kappa shape index (κ3) is 8.28. The van der Waals surface area contributed by atoms with E-state index in [1.54, 1.807) is 25.1 Å². The first-order chi connectivity index (χ1) is 21.0. The minimum atomic E-state index is -0.629. The van der Waals surface area contributed by atoms with E-state index in [1.807, 2.05) is 48.5 Å². The van der Waals surface area contributed by atoms with Crippen molar-refractivity contribution in [1.82, 2.24) is 20.6 Å². The number of ether oxygens (including phenoxy) is 2. The van der Waals surface area contributed by atoms with Crippen LogP contribution in [0.1, 0.15) is 61.4 Å². The number of rotatable bonds is 10. The molecule has 4 aromatic rings. The fraction of sp³-hybridized carbons (Fsp3) is 0.303. The molecule has 0 amide bonds. The fourth-order valence-corrected chi connectivity index (χ4v) is 5.08. The Morgan fingerprint density at radius 2 is 1.72 bits per heavy atom. The topological polar surface area (TPSA) is 145 Å². The first kappa shape index (κ1) is 31.0. The van der Waals surface area contributed by atoms with Crippen LogP contribution in [0.4, 0.5) is 11.4 Å². The molecule has 224 valence electrons. The number of H-pyrrole nitrogens is 1. The second-order valence-electron chi connectivity index (χ2n) is 10.3. The van der Waals surface area contributed by atoms with Gasteiger partial charge in [-0.25, -0.2) is 4.79 Å². The van der Waals surface area contributed by atoms with Gasteiger partial charge >= 0.3 is 11.9 Å². The first-order valence-corrected chi connectivity index (χ1v) is 14.4. The Morgan fingerprint density at radius 3 is 2.42 bits per heavy atom. The van der Waals surface area contributed by atoms with Crippen LogP contribution in [0.2, 0.25) is 0 Å². The minimum absolute atomic E-state index is 0.00944. The summed E-state index contributed by atoms with van der Waals surface area (Å²) >= 11 is 0. The third-order valence-corrected chi connectivity index (χ3v) is 7.18. The van der Waals surface area contributed by atoms with E-state index >= 15 is 0 Å². The first-order valence-electron chi connectivity index (χ1n) is 14.4. The molecule has 0 radical (unpaired) electrons. The normalized spacial score (nSPS) is 13.7. The maximum absolute atomic E-state index is 13.1. The molecule has 1 saturated carbocycles. The van der Waals surface area contributed by atoms with Crippen LogP contribution in [0.25, 0.3) is 22.5 Å². The summed E-state index contributed by atoms with van der Waals surface area (Å²) in [6.45, 7) is 8.13. The highest BCUT2D eigenvalue weighted by atomic mass is 16.6. The van der Waals surface area contributed by atoms with Crippen molar-refractivity contribution in [1.29, 1.82) is 0 Å². The Bertz CT molecular complexity index is 1480. The third-order valence-electron chi connectivity index (χ3n) is 7.18. The van der Waals surface area contributed by atoms with Crippen LogP contribution < -0.4 is 11.1 Å². The molecule has 0 aliphatic heterocycles. The second-order valence-corrected chi connectivity index (χ2v) is 10.3. The lowest BCUT2D eigenvalue weighted by Crippen LogP contribution is -2.25. The van der Waals surface area contributed by atoms with Crippen LogP contribution in [0.5, 0.6) is 0 Å². The quantitative estimate of drug-likeness (QED) is 0.111. The minimum Gasteiger partial charge on any atom is -0.462 e. The Hall–Kier alpha value is -4.99. The molecule has 1 aliphatic carbocycles. The summed E-state index contributed by atoms with van der Waals surface area (Å²) in [5.41, 5.74) is 11.3. The molecule has 10 nitrogen and oxygen atoms in total. The summed E-state index contributed by atoms with van der Waals surface area (Å²) in [5, 5.41) is 17.7. The largest absolute Gasteiger partial charge is 0.462 e. The van der Waals surface area contributed by atoms with Gasteiger partial charge in [0, 0.05) is 12.1 Å². The monoisotopic (exact) mass is 582 g/mol. The number of carbonyl (C=O) groups excluding carboxylic acids is 2. The SMILES string of the molecule is C=C.CC(CC(=O)OC1CCCCC1)OC(=O)c1cccc(N)c1NCc1ccc(-c2ccccc2-c2nn[nH]n2)cc1. The number of aromatic amines is 1. The highest BCUT2D eigenvalue weighted by Crippen LogP contribution is 2.30. The van der Waals surface area contributed by atoms with Gasteiger partial charge in [0.05, 0.1) is 23.4 Å². The average Bonchev–Trinajstić information content (AvgIpc) is 3.57. The van der Waals surface area contributed by atoms with E-state index in [2.05, 4.69) is 39.1 Å². The number of hydrogen-bond donors (Lipinski definition) is 3. The van der Waals surface area contributed by atoms with E-state index in [-0.39, 0.29) is 18.5 Å². The number of benzene rings is 3. The number of hydrogen-bond acceptors (Lipinski definition) is 9. The van der Waals surface area contributed by atoms with Gasteiger partial charge in [-0.1, -0.05) is 61.0 Å². The van der Waals surface area contributed by atoms with E-state index < -0.39 is 12.1 Å². The molecule has 1 aromatic heterocycles. The molecule has 0 spiro atoms. The van der Waals surface area contributed by atoms with Gasteiger partial charge in [0.2, 0.25) is 5.82 Å². The van der Waals surface area contributed by atoms with Crippen molar-refractivity contribution in [2.75, 3.05) is 11.1 Å². The fourth-order valence-electron chi connectivity index (χ4n) is 5.08. The average molecular weight is 583 g/mol. The number of esters is 2. The highest BCUT2D eigenvalue weighted by Gasteiger charge is 2.23. The van der Waals surface area contributed by atoms with Gasteiger partial charge in [0.25, 0.3) is 0 Å². The van der Waals surface area contributed by atoms with Crippen LogP contribution in [-0.4, -0.2) is 44.8 Å². The smallest absolute Gasteiger partial charge is 0.340 e. The predicted molar refractivity (Wildman–Crippen MR) is 167 cm³/mol. The van der Waals surface area contributed by atoms with Crippen molar-refractivity contribution in [2.24, 2.45) is 0 Å². The summed E-state index contributed by atoms with van der Waals surface area (Å²) < 4.78 is 11.2. The Labute approximate surface area is 251 Å². The maximum atomic E-state index is 13.1. The van der Waals surface area contributed by atoms with Gasteiger partial charge in [-0.05, 0) is 66.6 Å². The standard InChI is InChI=1S/C31H34N6O4.C2H4/c1-20(18-28(38)41-23-8-3-2-4-9-23)40-31(39)26-12-7-13-27(32)29(26)33-19-21-14-16-22(17-15-21)24-10-5-6-11-25(24)30-34-36-37-35-30;1-2/h5-7,10-17,20,23,33H,2-4,8-9,18-19,32H2,1H3,(H,34,35,36,37);1-2H2. The lowest BCUT2D eigenvalue weighted by molar-refractivity contribution is -0.152. The van der Waals surface area contributed by atoms with Crippen LogP contribution >= 0.6 is 0 Å². The number of anilines is 2. The zero-order valence-electron chi connectivity index (χ0n) is 24.4. The molecule has 1 atom stereocenters. The highest BCUT2D eigenvalue weighted by molar-refractivity contribution is 5.99. The molecule has 1 unspecified atom stereocenters. The van der Waals surface area contributed by atoms with Crippen molar-refractivity contribution in [2.45, 2.75) is 64.2 Å². The van der Waals surface area contributed by atoms with Gasteiger partial charge in [-0.15, -0.1) is 23.4 Å². The van der Waals surface area contributed by atoms with Crippen molar-refractivity contribution in [3.63, 3.8) is 0 Å². The predicted octanol–water partition coefficient (Wildman–Crippen LogP) is 6.34. The van der Waals surface area contributed by atoms with E-state index in [0.717, 1.165) is 47.9 Å². The number of nitrogen functional groups attached to an aromatic ring is 1. The van der Waals surface area contributed by atoms with Crippen molar-refractivity contribution in [3.05, 3.63) is 91.0 Å². The summed E-state index contributed by atoms with van der Waals surface area (Å²) in [4.78, 5) is 25.4. The summed E-state index contributed by atoms with van der Waals surface area (Å²) in [6.07, 6.45) is 4.48. The molecule has 0 bridgehead atoms. The van der Waals surface area contributed by atoms with Gasteiger partial charge in [0.15, 0.2) is 0 Å². The Balaban J connectivity index is 0.00000207. The number of tetrazole rings is 1. The number of aromatic nitrogens is 4. The number of nitrogens with one attached hydrogen (secondary N) is 2. The Morgan fingerprint density at radius 1 is 1.00 bits per heavy atom. The van der Waals surface area contributed by atoms with Crippen molar-refractivity contribution < 1.29 is 19.1 Å². The zero-order valence-corrected chi connectivity index (χ0v) is 24.4. The van der Waals surface area contributed by atoms with Crippen LogP contribution in [0, 0.1) is 0 Å². The van der Waals surface area contributed by atoms with E-state index in [1.165, 1.54) is 6.42 Å². The molecule has 0 saturated heterocycles. The van der Waals surface area contributed by atoms with E-state index in [4.69, 9.17) is 15.2 Å². The lowest BCUT2D eigenvalue weighted by atomic mass is 9.98. The molecule has 1 fully saturated rings. The molecular weight excluding hydrogens is 544 g/mol. The molecule has 3 aromatic carbocycles. The molecule has 43 heavy (non-hydrogen) atoms. The zero-order chi connectivity index (χ0) is 30.6.